The average molecular weight is 263 g/mol. The van der Waals surface area contributed by atoms with Crippen LogP contribution in [0.15, 0.2) is 30.3 Å². The van der Waals surface area contributed by atoms with Crippen LogP contribution in [0.1, 0.15) is 51.5 Å². The standard InChI is InChI=1S/C16H25NO2/c1-4-11-16(3,15(18)19)17-12-10-13(2)14-8-6-5-7-9-14/h5-9,13,17H,4,10-12H2,1-3H3,(H,18,19). The molecule has 106 valence electrons. The van der Waals surface area contributed by atoms with Gasteiger partial charge < -0.3 is 10.4 Å². The lowest BCUT2D eigenvalue weighted by Gasteiger charge is -2.26. The molecular formula is C16H25NO2. The van der Waals surface area contributed by atoms with E-state index in [0.29, 0.717) is 12.3 Å². The van der Waals surface area contributed by atoms with Crippen molar-refractivity contribution in [3.63, 3.8) is 0 Å². The molecule has 0 bridgehead atoms. The molecule has 2 unspecified atom stereocenters. The van der Waals surface area contributed by atoms with Crippen molar-refractivity contribution in [2.45, 2.75) is 51.5 Å². The molecule has 0 aliphatic carbocycles. The number of benzene rings is 1. The highest BCUT2D eigenvalue weighted by Crippen LogP contribution is 2.19. The summed E-state index contributed by atoms with van der Waals surface area (Å²) in [5, 5.41) is 12.5. The molecule has 1 rings (SSSR count). The van der Waals surface area contributed by atoms with Crippen molar-refractivity contribution in [3.05, 3.63) is 35.9 Å². The van der Waals surface area contributed by atoms with Gasteiger partial charge in [-0.2, -0.15) is 0 Å². The van der Waals surface area contributed by atoms with Gasteiger partial charge in [-0.1, -0.05) is 50.6 Å². The van der Waals surface area contributed by atoms with Gasteiger partial charge in [0.05, 0.1) is 0 Å². The first-order valence-electron chi connectivity index (χ1n) is 7.03. The van der Waals surface area contributed by atoms with Gasteiger partial charge in [-0.05, 0) is 37.8 Å². The molecule has 0 saturated carbocycles. The van der Waals surface area contributed by atoms with Crippen LogP contribution < -0.4 is 5.32 Å². The molecule has 19 heavy (non-hydrogen) atoms. The molecule has 0 fully saturated rings. The third-order valence-corrected chi connectivity index (χ3v) is 3.68. The van der Waals surface area contributed by atoms with E-state index in [-0.39, 0.29) is 0 Å². The number of nitrogens with one attached hydrogen (secondary N) is 1. The zero-order valence-corrected chi connectivity index (χ0v) is 12.1. The van der Waals surface area contributed by atoms with Crippen LogP contribution in [0, 0.1) is 0 Å². The monoisotopic (exact) mass is 263 g/mol. The Hall–Kier alpha value is -1.35. The molecule has 2 N–H and O–H groups in total. The predicted octanol–water partition coefficient (Wildman–Crippen LogP) is 3.41. The first-order valence-corrected chi connectivity index (χ1v) is 7.03. The van der Waals surface area contributed by atoms with Crippen molar-refractivity contribution < 1.29 is 9.90 Å². The van der Waals surface area contributed by atoms with Gasteiger partial charge in [0, 0.05) is 0 Å². The fourth-order valence-electron chi connectivity index (χ4n) is 2.28. The van der Waals surface area contributed by atoms with Crippen molar-refractivity contribution >= 4 is 5.97 Å². The lowest BCUT2D eigenvalue weighted by molar-refractivity contribution is -0.144. The van der Waals surface area contributed by atoms with Crippen molar-refractivity contribution in [1.82, 2.24) is 5.32 Å². The summed E-state index contributed by atoms with van der Waals surface area (Å²) < 4.78 is 0. The minimum atomic E-state index is -0.800. The molecule has 1 aromatic carbocycles. The van der Waals surface area contributed by atoms with E-state index in [2.05, 4.69) is 24.4 Å². The highest BCUT2D eigenvalue weighted by atomic mass is 16.4. The van der Waals surface area contributed by atoms with Crippen molar-refractivity contribution in [2.75, 3.05) is 6.54 Å². The molecule has 0 saturated heterocycles. The quantitative estimate of drug-likeness (QED) is 0.755. The molecule has 0 spiro atoms. The van der Waals surface area contributed by atoms with Crippen LogP contribution in [-0.2, 0) is 4.79 Å². The van der Waals surface area contributed by atoms with Gasteiger partial charge in [0.25, 0.3) is 0 Å². The van der Waals surface area contributed by atoms with Crippen LogP contribution in [0.3, 0.4) is 0 Å². The second-order valence-electron chi connectivity index (χ2n) is 5.41. The Balaban J connectivity index is 2.47. The Morgan fingerprint density at radius 2 is 2.00 bits per heavy atom. The van der Waals surface area contributed by atoms with E-state index in [0.717, 1.165) is 19.4 Å². The van der Waals surface area contributed by atoms with Gasteiger partial charge in [-0.3, -0.25) is 4.79 Å². The van der Waals surface area contributed by atoms with Crippen molar-refractivity contribution in [1.29, 1.82) is 0 Å². The fraction of sp³-hybridized carbons (Fsp3) is 0.562. The number of carbonyl (C=O) groups is 1. The van der Waals surface area contributed by atoms with Gasteiger partial charge in [-0.25, -0.2) is 0 Å². The van der Waals surface area contributed by atoms with E-state index in [4.69, 9.17) is 0 Å². The van der Waals surface area contributed by atoms with Gasteiger partial charge in [0.15, 0.2) is 0 Å². The van der Waals surface area contributed by atoms with Crippen LogP contribution in [0.2, 0.25) is 0 Å². The van der Waals surface area contributed by atoms with Gasteiger partial charge in [0.2, 0.25) is 0 Å². The van der Waals surface area contributed by atoms with Crippen LogP contribution in [-0.4, -0.2) is 23.2 Å². The summed E-state index contributed by atoms with van der Waals surface area (Å²) in [4.78, 5) is 11.3. The molecule has 3 nitrogen and oxygen atoms in total. The summed E-state index contributed by atoms with van der Waals surface area (Å²) in [6, 6.07) is 10.3. The smallest absolute Gasteiger partial charge is 0.323 e. The molecule has 1 aromatic rings. The van der Waals surface area contributed by atoms with Gasteiger partial charge in [-0.15, -0.1) is 0 Å². The first kappa shape index (κ1) is 15.7. The summed E-state index contributed by atoms with van der Waals surface area (Å²) in [5.74, 6) is -0.324. The van der Waals surface area contributed by atoms with E-state index >= 15 is 0 Å². The second kappa shape index (κ2) is 7.29. The normalized spacial score (nSPS) is 15.7. The molecule has 2 atom stereocenters. The molecular weight excluding hydrogens is 238 g/mol. The molecule has 0 heterocycles. The topological polar surface area (TPSA) is 49.3 Å². The number of hydrogen-bond donors (Lipinski definition) is 2. The Morgan fingerprint density at radius 3 is 2.53 bits per heavy atom. The molecule has 0 radical (unpaired) electrons. The lowest BCUT2D eigenvalue weighted by atomic mass is 9.94. The summed E-state index contributed by atoms with van der Waals surface area (Å²) in [7, 11) is 0. The summed E-state index contributed by atoms with van der Waals surface area (Å²) in [6.45, 7) is 6.68. The van der Waals surface area contributed by atoms with E-state index in [9.17, 15) is 9.90 Å². The molecule has 0 aliphatic rings. The van der Waals surface area contributed by atoms with Gasteiger partial charge in [0.1, 0.15) is 5.54 Å². The van der Waals surface area contributed by atoms with Crippen molar-refractivity contribution in [3.8, 4) is 0 Å². The fourth-order valence-corrected chi connectivity index (χ4v) is 2.28. The zero-order valence-electron chi connectivity index (χ0n) is 12.1. The Labute approximate surface area is 116 Å². The SMILES string of the molecule is CCCC(C)(NCCC(C)c1ccccc1)C(=O)O. The first-order chi connectivity index (χ1) is 8.99. The number of hydrogen-bond acceptors (Lipinski definition) is 2. The van der Waals surface area contributed by atoms with Crippen LogP contribution in [0.4, 0.5) is 0 Å². The molecule has 3 heteroatoms. The maximum atomic E-state index is 11.3. The third-order valence-electron chi connectivity index (χ3n) is 3.68. The van der Waals surface area contributed by atoms with E-state index in [1.165, 1.54) is 5.56 Å². The predicted molar refractivity (Wildman–Crippen MR) is 78.4 cm³/mol. The summed E-state index contributed by atoms with van der Waals surface area (Å²) in [6.07, 6.45) is 2.46. The minimum Gasteiger partial charge on any atom is -0.480 e. The maximum Gasteiger partial charge on any atom is 0.323 e. The number of rotatable bonds is 8. The molecule has 0 aliphatic heterocycles. The van der Waals surface area contributed by atoms with E-state index in [1.54, 1.807) is 6.92 Å². The lowest BCUT2D eigenvalue weighted by Crippen LogP contribution is -2.49. The van der Waals surface area contributed by atoms with Crippen LogP contribution in [0.5, 0.6) is 0 Å². The van der Waals surface area contributed by atoms with Crippen LogP contribution >= 0.6 is 0 Å². The van der Waals surface area contributed by atoms with Crippen LogP contribution in [0.25, 0.3) is 0 Å². The number of carboxylic acid groups (broad SMARTS) is 1. The zero-order chi connectivity index (χ0) is 14.3. The number of carboxylic acids is 1. The van der Waals surface area contributed by atoms with Gasteiger partial charge >= 0.3 is 5.97 Å². The van der Waals surface area contributed by atoms with Crippen molar-refractivity contribution in [2.24, 2.45) is 0 Å². The maximum absolute atomic E-state index is 11.3. The second-order valence-corrected chi connectivity index (χ2v) is 5.41. The third kappa shape index (κ3) is 4.67. The highest BCUT2D eigenvalue weighted by molar-refractivity contribution is 5.78. The summed E-state index contributed by atoms with van der Waals surface area (Å²) >= 11 is 0. The highest BCUT2D eigenvalue weighted by Gasteiger charge is 2.31. The molecule has 0 aromatic heterocycles. The van der Waals surface area contributed by atoms with E-state index in [1.807, 2.05) is 25.1 Å². The van der Waals surface area contributed by atoms with E-state index < -0.39 is 11.5 Å². The Morgan fingerprint density at radius 1 is 1.37 bits per heavy atom. The Bertz CT molecular complexity index is 391. The molecule has 0 amide bonds. The summed E-state index contributed by atoms with van der Waals surface area (Å²) in [5.41, 5.74) is 0.502. The Kier molecular flexibility index (Phi) is 6.03. The number of aliphatic carboxylic acids is 1. The average Bonchev–Trinajstić information content (AvgIpc) is 2.39. The largest absolute Gasteiger partial charge is 0.480 e. The minimum absolute atomic E-state index is 0.438.